The fraction of sp³-hybridized carbons (Fsp3) is 0.741. The maximum Gasteiger partial charge on any atom is 0.148 e. The zero-order chi connectivity index (χ0) is 22.2. The number of anilines is 1. The van der Waals surface area contributed by atoms with Gasteiger partial charge in [-0.15, -0.1) is 10.2 Å². The van der Waals surface area contributed by atoms with Crippen molar-refractivity contribution in [3.8, 4) is 11.3 Å². The van der Waals surface area contributed by atoms with Crippen LogP contribution in [0.5, 0.6) is 0 Å². The van der Waals surface area contributed by atoms with Gasteiger partial charge < -0.3 is 10.2 Å². The predicted molar refractivity (Wildman–Crippen MR) is 130 cm³/mol. The van der Waals surface area contributed by atoms with Crippen molar-refractivity contribution in [2.45, 2.75) is 64.3 Å². The summed E-state index contributed by atoms with van der Waals surface area (Å²) in [6, 6.07) is 4.70. The Bertz CT molecular complexity index is 976. The topological polar surface area (TPSA) is 58.9 Å². The number of nitrogens with zero attached hydrogens (tertiary/aromatic N) is 5. The van der Waals surface area contributed by atoms with Gasteiger partial charge in [-0.25, -0.2) is 0 Å². The molecule has 5 aliphatic carbocycles. The summed E-state index contributed by atoms with van der Waals surface area (Å²) in [7, 11) is 1.95. The second kappa shape index (κ2) is 7.53. The van der Waals surface area contributed by atoms with E-state index in [-0.39, 0.29) is 0 Å². The van der Waals surface area contributed by atoms with Crippen molar-refractivity contribution in [1.82, 2.24) is 24.9 Å². The molecule has 6 nitrogen and oxygen atoms in total. The molecule has 2 aromatic rings. The van der Waals surface area contributed by atoms with Crippen LogP contribution in [0.15, 0.2) is 18.3 Å². The van der Waals surface area contributed by atoms with Crippen LogP contribution in [0.4, 0.5) is 5.82 Å². The molecule has 3 heterocycles. The molecule has 0 radical (unpaired) electrons. The van der Waals surface area contributed by atoms with Gasteiger partial charge in [-0.05, 0) is 105 Å². The highest BCUT2D eigenvalue weighted by atomic mass is 15.3. The van der Waals surface area contributed by atoms with Gasteiger partial charge in [0.1, 0.15) is 5.82 Å². The van der Waals surface area contributed by atoms with Crippen molar-refractivity contribution in [3.63, 3.8) is 0 Å². The summed E-state index contributed by atoms with van der Waals surface area (Å²) in [6.07, 6.45) is 13.9. The summed E-state index contributed by atoms with van der Waals surface area (Å²) in [5.74, 6) is 5.85. The van der Waals surface area contributed by atoms with Crippen molar-refractivity contribution in [3.05, 3.63) is 24.0 Å². The Morgan fingerprint density at radius 3 is 2.15 bits per heavy atom. The minimum atomic E-state index is 0.543. The van der Waals surface area contributed by atoms with Gasteiger partial charge >= 0.3 is 0 Å². The van der Waals surface area contributed by atoms with Crippen LogP contribution in [0.1, 0.15) is 57.1 Å². The van der Waals surface area contributed by atoms with E-state index in [0.717, 1.165) is 52.4 Å². The SMILES string of the molecule is Cc1nn(C)cc1-c1ccc(NC2C[C@@H]3CN(CC45CC6CC(CC(C6)C4)C5)C[C@@H]3C2)nn1. The molecule has 0 spiro atoms. The first-order valence-corrected chi connectivity index (χ1v) is 13.3. The van der Waals surface area contributed by atoms with E-state index in [1.165, 1.54) is 32.5 Å². The Balaban J connectivity index is 0.947. The van der Waals surface area contributed by atoms with E-state index < -0.39 is 0 Å². The molecule has 4 bridgehead atoms. The Hall–Kier alpha value is -1.95. The fourth-order valence-corrected chi connectivity index (χ4v) is 9.22. The number of fused-ring (bicyclic) bond motifs is 1. The molecule has 3 atom stereocenters. The summed E-state index contributed by atoms with van der Waals surface area (Å²) in [5, 5.41) is 17.1. The average molecular weight is 447 g/mol. The minimum Gasteiger partial charge on any atom is -0.366 e. The van der Waals surface area contributed by atoms with Crippen LogP contribution in [-0.2, 0) is 7.05 Å². The van der Waals surface area contributed by atoms with E-state index in [1.54, 1.807) is 38.5 Å². The van der Waals surface area contributed by atoms with Gasteiger partial charge in [0.15, 0.2) is 0 Å². The van der Waals surface area contributed by atoms with Gasteiger partial charge in [0.2, 0.25) is 0 Å². The van der Waals surface area contributed by atoms with E-state index in [2.05, 4.69) is 37.6 Å². The van der Waals surface area contributed by atoms with E-state index in [9.17, 15) is 0 Å². The Labute approximate surface area is 197 Å². The maximum absolute atomic E-state index is 4.49. The number of aryl methyl sites for hydroxylation is 2. The first-order chi connectivity index (χ1) is 16.0. The molecule has 6 aliphatic rings. The molecule has 1 N–H and O–H groups in total. The van der Waals surface area contributed by atoms with Crippen LogP contribution >= 0.6 is 0 Å². The highest BCUT2D eigenvalue weighted by Gasteiger charge is 2.52. The standard InChI is InChI=1S/C27H38N6/c1-17-24(15-32(2)31-17)25-3-4-26(30-29-25)28-23-8-21-13-33(14-22(21)9-23)16-27-10-18-5-19(11-27)7-20(6-18)12-27/h3-4,15,18-23H,5-14,16H2,1-2H3,(H,28,30)/t18?,19?,20?,21-,22+,23?,27?. The van der Waals surface area contributed by atoms with Crippen LogP contribution in [0.25, 0.3) is 11.3 Å². The van der Waals surface area contributed by atoms with Crippen molar-refractivity contribution >= 4 is 5.82 Å². The molecular weight excluding hydrogens is 408 g/mol. The first-order valence-electron chi connectivity index (χ1n) is 13.3. The second-order valence-corrected chi connectivity index (χ2v) is 12.6. The molecule has 1 aliphatic heterocycles. The van der Waals surface area contributed by atoms with E-state index in [1.807, 2.05) is 24.9 Å². The molecule has 6 fully saturated rings. The molecule has 2 aromatic heterocycles. The lowest BCUT2D eigenvalue weighted by atomic mass is 9.49. The molecule has 0 aromatic carbocycles. The average Bonchev–Trinajstić information content (AvgIpc) is 3.39. The third kappa shape index (κ3) is 3.69. The lowest BCUT2D eigenvalue weighted by molar-refractivity contribution is -0.0672. The highest BCUT2D eigenvalue weighted by Crippen LogP contribution is 2.60. The number of nitrogens with one attached hydrogen (secondary N) is 1. The summed E-state index contributed by atoms with van der Waals surface area (Å²) < 4.78 is 1.84. The van der Waals surface area contributed by atoms with Crippen molar-refractivity contribution in [1.29, 1.82) is 0 Å². The molecule has 33 heavy (non-hydrogen) atoms. The molecular formula is C27H38N6. The summed E-state index contributed by atoms with van der Waals surface area (Å²) >= 11 is 0. The van der Waals surface area contributed by atoms with Crippen LogP contribution in [-0.4, -0.2) is 50.6 Å². The Morgan fingerprint density at radius 1 is 0.939 bits per heavy atom. The lowest BCUT2D eigenvalue weighted by Gasteiger charge is -2.57. The van der Waals surface area contributed by atoms with Crippen LogP contribution in [0, 0.1) is 41.9 Å². The quantitative estimate of drug-likeness (QED) is 0.732. The summed E-state index contributed by atoms with van der Waals surface area (Å²) in [5.41, 5.74) is 3.64. The molecule has 8 rings (SSSR count). The maximum atomic E-state index is 4.49. The normalized spacial score (nSPS) is 39.3. The first kappa shape index (κ1) is 20.4. The number of rotatable bonds is 5. The van der Waals surface area contributed by atoms with Crippen molar-refractivity contribution in [2.24, 2.45) is 42.1 Å². The van der Waals surface area contributed by atoms with Crippen LogP contribution in [0.3, 0.4) is 0 Å². The van der Waals surface area contributed by atoms with Gasteiger partial charge in [-0.1, -0.05) is 0 Å². The molecule has 0 amide bonds. The number of likely N-dealkylation sites (tertiary alicyclic amines) is 1. The molecule has 1 unspecified atom stereocenters. The Morgan fingerprint density at radius 2 is 1.61 bits per heavy atom. The summed E-state index contributed by atoms with van der Waals surface area (Å²) in [6.45, 7) is 6.08. The molecule has 1 saturated heterocycles. The van der Waals surface area contributed by atoms with Gasteiger partial charge in [0.25, 0.3) is 0 Å². The fourth-order valence-electron chi connectivity index (χ4n) is 9.22. The number of hydrogen-bond donors (Lipinski definition) is 1. The largest absolute Gasteiger partial charge is 0.366 e. The number of aromatic nitrogens is 4. The van der Waals surface area contributed by atoms with E-state index in [0.29, 0.717) is 11.5 Å². The van der Waals surface area contributed by atoms with Crippen molar-refractivity contribution in [2.75, 3.05) is 25.0 Å². The van der Waals surface area contributed by atoms with E-state index >= 15 is 0 Å². The third-order valence-electron chi connectivity index (χ3n) is 9.86. The van der Waals surface area contributed by atoms with Gasteiger partial charge in [-0.3, -0.25) is 4.68 Å². The predicted octanol–water partition coefficient (Wildman–Crippen LogP) is 4.52. The minimum absolute atomic E-state index is 0.543. The van der Waals surface area contributed by atoms with Crippen LogP contribution in [0.2, 0.25) is 0 Å². The number of hydrogen-bond acceptors (Lipinski definition) is 5. The molecule has 5 saturated carbocycles. The zero-order valence-corrected chi connectivity index (χ0v) is 20.2. The monoisotopic (exact) mass is 446 g/mol. The highest BCUT2D eigenvalue weighted by molar-refractivity contribution is 5.61. The van der Waals surface area contributed by atoms with Crippen molar-refractivity contribution < 1.29 is 0 Å². The van der Waals surface area contributed by atoms with Gasteiger partial charge in [-0.2, -0.15) is 5.10 Å². The van der Waals surface area contributed by atoms with Crippen LogP contribution < -0.4 is 5.32 Å². The molecule has 176 valence electrons. The van der Waals surface area contributed by atoms with Gasteiger partial charge in [0, 0.05) is 44.5 Å². The third-order valence-corrected chi connectivity index (χ3v) is 9.86. The lowest BCUT2D eigenvalue weighted by Crippen LogP contribution is -2.51. The Kier molecular flexibility index (Phi) is 4.66. The van der Waals surface area contributed by atoms with Gasteiger partial charge in [0.05, 0.1) is 11.4 Å². The summed E-state index contributed by atoms with van der Waals surface area (Å²) in [4.78, 5) is 2.88. The van der Waals surface area contributed by atoms with E-state index in [4.69, 9.17) is 0 Å². The second-order valence-electron chi connectivity index (χ2n) is 12.6. The smallest absolute Gasteiger partial charge is 0.148 e. The zero-order valence-electron chi connectivity index (χ0n) is 20.2. The molecule has 6 heteroatoms.